The predicted molar refractivity (Wildman–Crippen MR) is 73.4 cm³/mol. The van der Waals surface area contributed by atoms with E-state index in [4.69, 9.17) is 5.73 Å². The van der Waals surface area contributed by atoms with Gasteiger partial charge in [0.1, 0.15) is 11.6 Å². The standard InChI is InChI=1S/C15H18FN3/c1-9-3-4-11(6-13(9)16)14-8-19-7-12(17)5-10(2)15(19)18-14/h3-4,6,8,10,12H,5,7,17H2,1-2H3. The van der Waals surface area contributed by atoms with Crippen LogP contribution in [0.3, 0.4) is 0 Å². The first-order valence-electron chi connectivity index (χ1n) is 6.64. The lowest BCUT2D eigenvalue weighted by Crippen LogP contribution is -2.33. The number of aryl methyl sites for hydroxylation is 1. The summed E-state index contributed by atoms with van der Waals surface area (Å²) in [6.07, 6.45) is 2.94. The first-order chi connectivity index (χ1) is 9.04. The summed E-state index contributed by atoms with van der Waals surface area (Å²) in [4.78, 5) is 4.65. The van der Waals surface area contributed by atoms with Gasteiger partial charge in [-0.2, -0.15) is 0 Å². The van der Waals surface area contributed by atoms with E-state index in [-0.39, 0.29) is 11.9 Å². The van der Waals surface area contributed by atoms with Gasteiger partial charge in [0.15, 0.2) is 0 Å². The number of hydrogen-bond acceptors (Lipinski definition) is 2. The zero-order valence-corrected chi connectivity index (χ0v) is 11.2. The molecule has 0 aliphatic carbocycles. The molecule has 0 saturated carbocycles. The largest absolute Gasteiger partial charge is 0.332 e. The number of nitrogens with two attached hydrogens (primary N) is 1. The van der Waals surface area contributed by atoms with Gasteiger partial charge in [0.2, 0.25) is 0 Å². The van der Waals surface area contributed by atoms with Crippen molar-refractivity contribution in [1.29, 1.82) is 0 Å². The van der Waals surface area contributed by atoms with Gasteiger partial charge in [0.05, 0.1) is 5.69 Å². The molecule has 3 nitrogen and oxygen atoms in total. The van der Waals surface area contributed by atoms with Crippen LogP contribution < -0.4 is 5.73 Å². The quantitative estimate of drug-likeness (QED) is 0.855. The summed E-state index contributed by atoms with van der Waals surface area (Å²) in [5.41, 5.74) is 8.33. The van der Waals surface area contributed by atoms with Crippen LogP contribution in [0.2, 0.25) is 0 Å². The van der Waals surface area contributed by atoms with E-state index in [0.717, 1.165) is 30.0 Å². The van der Waals surface area contributed by atoms with Crippen LogP contribution in [-0.2, 0) is 6.54 Å². The second kappa shape index (κ2) is 4.46. The Morgan fingerprint density at radius 3 is 2.95 bits per heavy atom. The number of nitrogens with zero attached hydrogens (tertiary/aromatic N) is 2. The lowest BCUT2D eigenvalue weighted by atomic mass is 9.98. The third-order valence-electron chi connectivity index (χ3n) is 3.80. The molecule has 0 amide bonds. The molecule has 3 rings (SSSR count). The van der Waals surface area contributed by atoms with Crippen LogP contribution in [-0.4, -0.2) is 15.6 Å². The summed E-state index contributed by atoms with van der Waals surface area (Å²) in [5.74, 6) is 1.22. The Morgan fingerprint density at radius 1 is 1.42 bits per heavy atom. The molecule has 0 spiro atoms. The summed E-state index contributed by atoms with van der Waals surface area (Å²) >= 11 is 0. The van der Waals surface area contributed by atoms with Crippen LogP contribution in [0.4, 0.5) is 4.39 Å². The van der Waals surface area contributed by atoms with E-state index < -0.39 is 0 Å². The molecular formula is C15H18FN3. The number of imidazole rings is 1. The molecule has 0 saturated heterocycles. The molecule has 2 aromatic rings. The van der Waals surface area contributed by atoms with Crippen molar-refractivity contribution in [2.45, 2.75) is 38.8 Å². The van der Waals surface area contributed by atoms with Crippen LogP contribution in [0.15, 0.2) is 24.4 Å². The van der Waals surface area contributed by atoms with Gasteiger partial charge in [0, 0.05) is 30.3 Å². The average molecular weight is 259 g/mol. The molecule has 1 aliphatic heterocycles. The summed E-state index contributed by atoms with van der Waals surface area (Å²) in [5, 5.41) is 0. The lowest BCUT2D eigenvalue weighted by Gasteiger charge is -2.25. The Hall–Kier alpha value is -1.68. The maximum absolute atomic E-state index is 13.6. The fourth-order valence-corrected chi connectivity index (χ4v) is 2.75. The van der Waals surface area contributed by atoms with Gasteiger partial charge in [-0.15, -0.1) is 0 Å². The van der Waals surface area contributed by atoms with Gasteiger partial charge in [-0.25, -0.2) is 9.37 Å². The molecule has 2 unspecified atom stereocenters. The van der Waals surface area contributed by atoms with Crippen LogP contribution in [0.25, 0.3) is 11.3 Å². The number of benzene rings is 1. The Kier molecular flexibility index (Phi) is 2.90. The highest BCUT2D eigenvalue weighted by Gasteiger charge is 2.24. The zero-order chi connectivity index (χ0) is 13.6. The lowest BCUT2D eigenvalue weighted by molar-refractivity contribution is 0.407. The SMILES string of the molecule is Cc1ccc(-c2cn3c(n2)C(C)CC(N)C3)cc1F. The first kappa shape index (κ1) is 12.4. The van der Waals surface area contributed by atoms with Gasteiger partial charge in [-0.1, -0.05) is 19.1 Å². The van der Waals surface area contributed by atoms with Crippen molar-refractivity contribution in [3.05, 3.63) is 41.6 Å². The molecule has 100 valence electrons. The summed E-state index contributed by atoms with van der Waals surface area (Å²) in [6, 6.07) is 5.43. The zero-order valence-electron chi connectivity index (χ0n) is 11.2. The predicted octanol–water partition coefficient (Wildman–Crippen LogP) is 2.83. The molecular weight excluding hydrogens is 241 g/mol. The minimum Gasteiger partial charge on any atom is -0.332 e. The third kappa shape index (κ3) is 2.16. The topological polar surface area (TPSA) is 43.8 Å². The Balaban J connectivity index is 2.03. The van der Waals surface area contributed by atoms with E-state index >= 15 is 0 Å². The summed E-state index contributed by atoms with van der Waals surface area (Å²) < 4.78 is 15.7. The highest BCUT2D eigenvalue weighted by molar-refractivity contribution is 5.59. The van der Waals surface area contributed by atoms with Crippen LogP contribution in [0.1, 0.15) is 30.7 Å². The van der Waals surface area contributed by atoms with E-state index in [1.165, 1.54) is 0 Å². The number of aromatic nitrogens is 2. The minimum atomic E-state index is -0.187. The number of fused-ring (bicyclic) bond motifs is 1. The first-order valence-corrected chi connectivity index (χ1v) is 6.64. The van der Waals surface area contributed by atoms with Crippen molar-refractivity contribution in [1.82, 2.24) is 9.55 Å². The van der Waals surface area contributed by atoms with Crippen molar-refractivity contribution < 1.29 is 4.39 Å². The van der Waals surface area contributed by atoms with E-state index in [2.05, 4.69) is 16.5 Å². The Morgan fingerprint density at radius 2 is 2.21 bits per heavy atom. The molecule has 4 heteroatoms. The fourth-order valence-electron chi connectivity index (χ4n) is 2.75. The van der Waals surface area contributed by atoms with E-state index in [0.29, 0.717) is 11.5 Å². The summed E-state index contributed by atoms with van der Waals surface area (Å²) in [6.45, 7) is 4.69. The average Bonchev–Trinajstić information content (AvgIpc) is 2.76. The number of rotatable bonds is 1. The second-order valence-electron chi connectivity index (χ2n) is 5.50. The van der Waals surface area contributed by atoms with E-state index in [1.807, 2.05) is 12.3 Å². The molecule has 2 N–H and O–H groups in total. The maximum Gasteiger partial charge on any atom is 0.126 e. The molecule has 0 radical (unpaired) electrons. The molecule has 1 aromatic heterocycles. The number of halogens is 1. The van der Waals surface area contributed by atoms with Gasteiger partial charge >= 0.3 is 0 Å². The highest BCUT2D eigenvalue weighted by Crippen LogP contribution is 2.29. The third-order valence-corrected chi connectivity index (χ3v) is 3.80. The smallest absolute Gasteiger partial charge is 0.126 e. The van der Waals surface area contributed by atoms with Crippen molar-refractivity contribution >= 4 is 0 Å². The van der Waals surface area contributed by atoms with Crippen molar-refractivity contribution in [3.8, 4) is 11.3 Å². The molecule has 2 atom stereocenters. The minimum absolute atomic E-state index is 0.180. The van der Waals surface area contributed by atoms with Crippen LogP contribution >= 0.6 is 0 Å². The summed E-state index contributed by atoms with van der Waals surface area (Å²) in [7, 11) is 0. The van der Waals surface area contributed by atoms with Crippen molar-refractivity contribution in [3.63, 3.8) is 0 Å². The normalized spacial score (nSPS) is 22.3. The van der Waals surface area contributed by atoms with Gasteiger partial charge in [-0.3, -0.25) is 0 Å². The maximum atomic E-state index is 13.6. The molecule has 0 fully saturated rings. The molecule has 1 aliphatic rings. The molecule has 19 heavy (non-hydrogen) atoms. The fraction of sp³-hybridized carbons (Fsp3) is 0.400. The second-order valence-corrected chi connectivity index (χ2v) is 5.50. The Labute approximate surface area is 112 Å². The van der Waals surface area contributed by atoms with Gasteiger partial charge in [0.25, 0.3) is 0 Å². The van der Waals surface area contributed by atoms with E-state index in [1.54, 1.807) is 19.1 Å². The van der Waals surface area contributed by atoms with Gasteiger partial charge < -0.3 is 10.3 Å². The van der Waals surface area contributed by atoms with Gasteiger partial charge in [-0.05, 0) is 25.0 Å². The molecule has 1 aromatic carbocycles. The molecule has 0 bridgehead atoms. The van der Waals surface area contributed by atoms with Crippen molar-refractivity contribution in [2.75, 3.05) is 0 Å². The van der Waals surface area contributed by atoms with E-state index in [9.17, 15) is 4.39 Å². The molecule has 2 heterocycles. The monoisotopic (exact) mass is 259 g/mol. The number of hydrogen-bond donors (Lipinski definition) is 1. The highest BCUT2D eigenvalue weighted by atomic mass is 19.1. The van der Waals surface area contributed by atoms with Crippen LogP contribution in [0, 0.1) is 12.7 Å². The Bertz CT molecular complexity index is 618. The van der Waals surface area contributed by atoms with Crippen molar-refractivity contribution in [2.24, 2.45) is 5.73 Å². The van der Waals surface area contributed by atoms with Crippen LogP contribution in [0.5, 0.6) is 0 Å².